The van der Waals surface area contributed by atoms with E-state index in [1.54, 1.807) is 18.2 Å². The molecule has 0 spiro atoms. The van der Waals surface area contributed by atoms with Crippen LogP contribution in [0.15, 0.2) is 46.4 Å². The zero-order chi connectivity index (χ0) is 17.0. The fourth-order valence-electron chi connectivity index (χ4n) is 1.74. The van der Waals surface area contributed by atoms with Crippen LogP contribution in [0.5, 0.6) is 0 Å². The first-order valence-electron chi connectivity index (χ1n) is 6.51. The van der Waals surface area contributed by atoms with Crippen molar-refractivity contribution in [3.63, 3.8) is 0 Å². The fourth-order valence-corrected chi connectivity index (χ4v) is 2.54. The van der Waals surface area contributed by atoms with E-state index >= 15 is 0 Å². The van der Waals surface area contributed by atoms with Crippen molar-refractivity contribution in [2.75, 3.05) is 5.75 Å². The van der Waals surface area contributed by atoms with Gasteiger partial charge in [-0.1, -0.05) is 6.07 Å². The van der Waals surface area contributed by atoms with Gasteiger partial charge in [0.15, 0.2) is 0 Å². The quantitative estimate of drug-likeness (QED) is 0.391. The van der Waals surface area contributed by atoms with Gasteiger partial charge in [-0.25, -0.2) is 9.38 Å². The molecule has 0 aliphatic rings. The van der Waals surface area contributed by atoms with E-state index in [0.717, 1.165) is 6.07 Å². The van der Waals surface area contributed by atoms with Crippen LogP contribution >= 0.6 is 11.8 Å². The lowest BCUT2D eigenvalue weighted by atomic mass is 10.2. The Morgan fingerprint density at radius 3 is 2.65 bits per heavy atom. The summed E-state index contributed by atoms with van der Waals surface area (Å²) in [5.41, 5.74) is 6.41. The molecule has 1 heterocycles. The number of hydrogen-bond donors (Lipinski definition) is 1. The second kappa shape index (κ2) is 6.99. The van der Waals surface area contributed by atoms with Crippen LogP contribution < -0.4 is 5.73 Å². The van der Waals surface area contributed by atoms with E-state index in [-0.39, 0.29) is 11.5 Å². The average Bonchev–Trinajstić information content (AvgIpc) is 2.48. The molecule has 2 N–H and O–H groups in total. The van der Waals surface area contributed by atoms with E-state index < -0.39 is 17.7 Å². The Bertz CT molecular complexity index is 715. The molecule has 1 aromatic heterocycles. The first-order chi connectivity index (χ1) is 10.8. The lowest BCUT2D eigenvalue weighted by molar-refractivity contribution is -0.105. The molecule has 0 radical (unpaired) electrons. The highest BCUT2D eigenvalue weighted by atomic mass is 32.2. The van der Waals surface area contributed by atoms with E-state index in [4.69, 9.17) is 5.73 Å². The molecule has 0 aliphatic heterocycles. The molecule has 8 heteroatoms. The van der Waals surface area contributed by atoms with Crippen LogP contribution in [0.2, 0.25) is 0 Å². The Morgan fingerprint density at radius 2 is 2.04 bits per heavy atom. The molecule has 3 nitrogen and oxygen atoms in total. The zero-order valence-corrected chi connectivity index (χ0v) is 12.9. The molecule has 1 aromatic carbocycles. The number of pyridine rings is 1. The van der Waals surface area contributed by atoms with Gasteiger partial charge in [0.2, 0.25) is 0 Å². The summed E-state index contributed by atoms with van der Waals surface area (Å²) in [5, 5.41) is 0. The molecule has 0 unspecified atom stereocenters. The highest BCUT2D eigenvalue weighted by Crippen LogP contribution is 2.33. The highest BCUT2D eigenvalue weighted by Gasteiger charge is 2.27. The Morgan fingerprint density at radius 1 is 1.30 bits per heavy atom. The smallest absolute Gasteiger partial charge is 0.382 e. The Labute approximate surface area is 134 Å². The molecule has 23 heavy (non-hydrogen) atoms. The number of hydrogen-bond acceptors (Lipinski definition) is 3. The lowest BCUT2D eigenvalue weighted by Crippen LogP contribution is -2.14. The summed E-state index contributed by atoms with van der Waals surface area (Å²) in [6.07, 6.45) is -2.80. The molecule has 0 fully saturated rings. The Hall–Kier alpha value is -2.09. The second-order valence-electron chi connectivity index (χ2n) is 4.68. The average molecular weight is 343 g/mol. The predicted molar refractivity (Wildman–Crippen MR) is 82.5 cm³/mol. The summed E-state index contributed by atoms with van der Waals surface area (Å²) in [6, 6.07) is 7.39. The van der Waals surface area contributed by atoms with Crippen LogP contribution in [0.3, 0.4) is 0 Å². The van der Waals surface area contributed by atoms with Crippen LogP contribution in [-0.2, 0) is 0 Å². The molecule has 0 bridgehead atoms. The highest BCUT2D eigenvalue weighted by molar-refractivity contribution is 7.99. The van der Waals surface area contributed by atoms with E-state index in [2.05, 4.69) is 9.98 Å². The molecule has 0 saturated heterocycles. The first-order valence-corrected chi connectivity index (χ1v) is 7.50. The van der Waals surface area contributed by atoms with E-state index in [1.165, 1.54) is 19.2 Å². The SMILES string of the molecule is Cc1cc(F)c(N=C(N)c2ccccn2)cc1SCC(F)(F)F. The molecule has 2 rings (SSSR count). The van der Waals surface area contributed by atoms with Crippen molar-refractivity contribution >= 4 is 23.3 Å². The first kappa shape index (κ1) is 17.3. The zero-order valence-electron chi connectivity index (χ0n) is 12.1. The monoisotopic (exact) mass is 343 g/mol. The molecule has 122 valence electrons. The van der Waals surface area contributed by atoms with Crippen LogP contribution in [0.25, 0.3) is 0 Å². The summed E-state index contributed by atoms with van der Waals surface area (Å²) in [4.78, 5) is 8.22. The van der Waals surface area contributed by atoms with Crippen molar-refractivity contribution in [1.82, 2.24) is 4.98 Å². The van der Waals surface area contributed by atoms with Crippen molar-refractivity contribution in [2.45, 2.75) is 18.0 Å². The van der Waals surface area contributed by atoms with Gasteiger partial charge in [0, 0.05) is 11.1 Å². The molecular formula is C15H13F4N3S. The topological polar surface area (TPSA) is 51.3 Å². The van der Waals surface area contributed by atoms with Crippen molar-refractivity contribution in [3.05, 3.63) is 53.6 Å². The number of nitrogens with two attached hydrogens (primary N) is 1. The minimum atomic E-state index is -4.30. The standard InChI is InChI=1S/C15H13F4N3S/c1-9-6-10(16)12(7-13(9)23-8-15(17,18)19)22-14(20)11-4-2-3-5-21-11/h2-7H,8H2,1H3,(H2,20,22). The largest absolute Gasteiger partial charge is 0.398 e. The third-order valence-electron chi connectivity index (χ3n) is 2.80. The molecular weight excluding hydrogens is 330 g/mol. The van der Waals surface area contributed by atoms with Gasteiger partial charge in [-0.3, -0.25) is 4.98 Å². The normalized spacial score (nSPS) is 12.5. The maximum Gasteiger partial charge on any atom is 0.398 e. The van der Waals surface area contributed by atoms with Crippen LogP contribution in [-0.4, -0.2) is 22.7 Å². The lowest BCUT2D eigenvalue weighted by Gasteiger charge is -2.10. The van der Waals surface area contributed by atoms with E-state index in [0.29, 0.717) is 27.9 Å². The Kier molecular flexibility index (Phi) is 5.25. The van der Waals surface area contributed by atoms with Crippen molar-refractivity contribution in [3.8, 4) is 0 Å². The van der Waals surface area contributed by atoms with E-state index in [9.17, 15) is 17.6 Å². The van der Waals surface area contributed by atoms with Gasteiger partial charge in [0.05, 0.1) is 5.75 Å². The summed E-state index contributed by atoms with van der Waals surface area (Å²) >= 11 is 0.582. The van der Waals surface area contributed by atoms with Crippen LogP contribution in [0.4, 0.5) is 23.2 Å². The number of aryl methyl sites for hydroxylation is 1. The number of rotatable bonds is 4. The van der Waals surface area contributed by atoms with Crippen LogP contribution in [0, 0.1) is 12.7 Å². The molecule has 0 atom stereocenters. The number of benzene rings is 1. The Balaban J connectivity index is 2.32. The summed E-state index contributed by atoms with van der Waals surface area (Å²) in [5.74, 6) is -1.73. The molecule has 0 aliphatic carbocycles. The third kappa shape index (κ3) is 4.95. The predicted octanol–water partition coefficient (Wildman–Crippen LogP) is 4.22. The van der Waals surface area contributed by atoms with Gasteiger partial charge >= 0.3 is 6.18 Å². The van der Waals surface area contributed by atoms with Crippen molar-refractivity contribution in [1.29, 1.82) is 0 Å². The van der Waals surface area contributed by atoms with Crippen molar-refractivity contribution < 1.29 is 17.6 Å². The number of alkyl halides is 3. The minimum absolute atomic E-state index is 0.0138. The van der Waals surface area contributed by atoms with Gasteiger partial charge in [-0.15, -0.1) is 11.8 Å². The minimum Gasteiger partial charge on any atom is -0.382 e. The number of amidine groups is 1. The molecule has 0 saturated carbocycles. The maximum absolute atomic E-state index is 14.0. The summed E-state index contributed by atoms with van der Waals surface area (Å²) in [7, 11) is 0. The maximum atomic E-state index is 14.0. The fraction of sp³-hybridized carbons (Fsp3) is 0.200. The number of aromatic nitrogens is 1. The van der Waals surface area contributed by atoms with Gasteiger partial charge in [-0.05, 0) is 36.8 Å². The number of nitrogens with zero attached hydrogens (tertiary/aromatic N) is 2. The van der Waals surface area contributed by atoms with Gasteiger partial charge in [0.25, 0.3) is 0 Å². The number of aliphatic imine (C=N–C) groups is 1. The van der Waals surface area contributed by atoms with Gasteiger partial charge < -0.3 is 5.73 Å². The van der Waals surface area contributed by atoms with Crippen molar-refractivity contribution in [2.24, 2.45) is 10.7 Å². The van der Waals surface area contributed by atoms with Gasteiger partial charge in [-0.2, -0.15) is 13.2 Å². The summed E-state index contributed by atoms with van der Waals surface area (Å²) < 4.78 is 51.0. The molecule has 0 amide bonds. The van der Waals surface area contributed by atoms with Crippen LogP contribution in [0.1, 0.15) is 11.3 Å². The van der Waals surface area contributed by atoms with E-state index in [1.807, 2.05) is 0 Å². The van der Waals surface area contributed by atoms with Gasteiger partial charge in [0.1, 0.15) is 23.0 Å². The number of thioether (sulfide) groups is 1. The molecule has 2 aromatic rings. The summed E-state index contributed by atoms with van der Waals surface area (Å²) in [6.45, 7) is 1.54. The third-order valence-corrected chi connectivity index (χ3v) is 4.03. The number of halogens is 4. The second-order valence-corrected chi connectivity index (χ2v) is 5.70.